The molecule has 0 spiro atoms. The molecular weight excluding hydrogens is 228 g/mol. The summed E-state index contributed by atoms with van der Waals surface area (Å²) in [5, 5.41) is 10.5. The van der Waals surface area contributed by atoms with Crippen LogP contribution >= 0.6 is 0 Å². The summed E-state index contributed by atoms with van der Waals surface area (Å²) < 4.78 is 1.88. The van der Waals surface area contributed by atoms with Gasteiger partial charge in [0, 0.05) is 38.1 Å². The Balaban J connectivity index is 1.60. The van der Waals surface area contributed by atoms with E-state index in [1.54, 1.807) is 6.20 Å². The number of hydrogen-bond acceptors (Lipinski definition) is 3. The first-order valence-electron chi connectivity index (χ1n) is 6.74. The molecule has 2 rings (SSSR count). The van der Waals surface area contributed by atoms with Gasteiger partial charge in [0.05, 0.1) is 5.92 Å². The molecule has 2 heterocycles. The summed E-state index contributed by atoms with van der Waals surface area (Å²) in [7, 11) is 0. The second kappa shape index (κ2) is 6.54. The minimum atomic E-state index is 0.144. The Bertz CT molecular complexity index is 355. The van der Waals surface area contributed by atoms with E-state index in [0.717, 1.165) is 38.9 Å². The summed E-state index contributed by atoms with van der Waals surface area (Å²) in [5.41, 5.74) is 0. The van der Waals surface area contributed by atoms with Gasteiger partial charge in [0.2, 0.25) is 5.91 Å². The molecule has 18 heavy (non-hydrogen) atoms. The van der Waals surface area contributed by atoms with Gasteiger partial charge >= 0.3 is 0 Å². The second-order valence-corrected chi connectivity index (χ2v) is 5.00. The molecule has 5 nitrogen and oxygen atoms in total. The lowest BCUT2D eigenvalue weighted by Crippen LogP contribution is -2.44. The average Bonchev–Trinajstić information content (AvgIpc) is 2.88. The summed E-state index contributed by atoms with van der Waals surface area (Å²) in [4.78, 5) is 11.9. The molecule has 0 aliphatic carbocycles. The number of carbonyl (C=O) groups excluding carboxylic acids is 1. The van der Waals surface area contributed by atoms with Gasteiger partial charge in [-0.1, -0.05) is 0 Å². The number of nitrogens with zero attached hydrogens (tertiary/aromatic N) is 2. The van der Waals surface area contributed by atoms with Crippen LogP contribution in [-0.4, -0.2) is 34.8 Å². The molecule has 100 valence electrons. The van der Waals surface area contributed by atoms with Crippen molar-refractivity contribution >= 4 is 5.91 Å². The Morgan fingerprint density at radius 2 is 2.44 bits per heavy atom. The van der Waals surface area contributed by atoms with Gasteiger partial charge in [-0.15, -0.1) is 0 Å². The minimum Gasteiger partial charge on any atom is -0.356 e. The maximum atomic E-state index is 11.9. The Labute approximate surface area is 108 Å². The van der Waals surface area contributed by atoms with E-state index < -0.39 is 0 Å². The van der Waals surface area contributed by atoms with E-state index in [1.165, 1.54) is 0 Å². The Hall–Kier alpha value is -1.36. The first kappa shape index (κ1) is 13.1. The molecule has 1 aliphatic rings. The predicted octanol–water partition coefficient (Wildman–Crippen LogP) is 0.777. The summed E-state index contributed by atoms with van der Waals surface area (Å²) in [6.07, 6.45) is 6.72. The highest BCUT2D eigenvalue weighted by atomic mass is 16.1. The van der Waals surface area contributed by atoms with Crippen LogP contribution < -0.4 is 10.6 Å². The smallest absolute Gasteiger partial charge is 0.224 e. The van der Waals surface area contributed by atoms with Crippen molar-refractivity contribution < 1.29 is 4.79 Å². The van der Waals surface area contributed by atoms with Crippen molar-refractivity contribution in [1.82, 2.24) is 20.4 Å². The second-order valence-electron chi connectivity index (χ2n) is 5.00. The van der Waals surface area contributed by atoms with Crippen LogP contribution in [0.3, 0.4) is 0 Å². The minimum absolute atomic E-state index is 0.144. The number of amides is 1. The largest absolute Gasteiger partial charge is 0.356 e. The van der Waals surface area contributed by atoms with Crippen molar-refractivity contribution in [3.63, 3.8) is 0 Å². The number of piperidine rings is 1. The van der Waals surface area contributed by atoms with Gasteiger partial charge in [-0.25, -0.2) is 0 Å². The molecule has 2 N–H and O–H groups in total. The highest BCUT2D eigenvalue weighted by Gasteiger charge is 2.23. The number of nitrogens with one attached hydrogen (secondary N) is 2. The standard InChI is InChI=1S/C13H22N4O/c1-11-4-5-12(10-15-11)13(18)14-6-2-8-17-9-3-7-16-17/h3,7,9,11-12,15H,2,4-6,8,10H2,1H3,(H,14,18). The molecule has 0 radical (unpaired) electrons. The van der Waals surface area contributed by atoms with Crippen molar-refractivity contribution in [3.05, 3.63) is 18.5 Å². The first-order valence-corrected chi connectivity index (χ1v) is 6.74. The highest BCUT2D eigenvalue weighted by molar-refractivity contribution is 5.78. The molecule has 1 fully saturated rings. The maximum absolute atomic E-state index is 11.9. The molecular formula is C13H22N4O. The Kier molecular flexibility index (Phi) is 4.75. The monoisotopic (exact) mass is 250 g/mol. The van der Waals surface area contributed by atoms with E-state index in [0.29, 0.717) is 6.04 Å². The van der Waals surface area contributed by atoms with Crippen LogP contribution in [0.1, 0.15) is 26.2 Å². The lowest BCUT2D eigenvalue weighted by Gasteiger charge is -2.26. The van der Waals surface area contributed by atoms with E-state index in [4.69, 9.17) is 0 Å². The van der Waals surface area contributed by atoms with Crippen LogP contribution in [0.4, 0.5) is 0 Å². The van der Waals surface area contributed by atoms with Crippen LogP contribution in [0, 0.1) is 5.92 Å². The Morgan fingerprint density at radius 3 is 3.11 bits per heavy atom. The number of aromatic nitrogens is 2. The van der Waals surface area contributed by atoms with Gasteiger partial charge in [0.15, 0.2) is 0 Å². The zero-order chi connectivity index (χ0) is 12.8. The quantitative estimate of drug-likeness (QED) is 0.759. The van der Waals surface area contributed by atoms with Gasteiger partial charge in [-0.3, -0.25) is 9.48 Å². The molecule has 5 heteroatoms. The normalized spacial score (nSPS) is 23.8. The lowest BCUT2D eigenvalue weighted by molar-refractivity contribution is -0.125. The highest BCUT2D eigenvalue weighted by Crippen LogP contribution is 2.13. The maximum Gasteiger partial charge on any atom is 0.224 e. The van der Waals surface area contributed by atoms with Crippen LogP contribution in [0.2, 0.25) is 0 Å². The lowest BCUT2D eigenvalue weighted by atomic mass is 9.95. The fourth-order valence-electron chi connectivity index (χ4n) is 2.25. The summed E-state index contributed by atoms with van der Waals surface area (Å²) in [6.45, 7) is 4.56. The van der Waals surface area contributed by atoms with Crippen LogP contribution in [0.25, 0.3) is 0 Å². The van der Waals surface area contributed by atoms with Gasteiger partial charge in [-0.05, 0) is 32.3 Å². The molecule has 1 saturated heterocycles. The third kappa shape index (κ3) is 3.84. The summed E-state index contributed by atoms with van der Waals surface area (Å²) in [6, 6.07) is 2.46. The molecule has 0 bridgehead atoms. The molecule has 0 aromatic carbocycles. The van der Waals surface area contributed by atoms with Crippen molar-refractivity contribution in [2.24, 2.45) is 5.92 Å². The fraction of sp³-hybridized carbons (Fsp3) is 0.692. The van der Waals surface area contributed by atoms with E-state index in [1.807, 2.05) is 16.9 Å². The van der Waals surface area contributed by atoms with Crippen LogP contribution in [-0.2, 0) is 11.3 Å². The third-order valence-electron chi connectivity index (χ3n) is 3.45. The number of carbonyl (C=O) groups is 1. The molecule has 1 aliphatic heterocycles. The van der Waals surface area contributed by atoms with Crippen molar-refractivity contribution in [2.45, 2.75) is 38.8 Å². The number of hydrogen-bond donors (Lipinski definition) is 2. The van der Waals surface area contributed by atoms with E-state index in [-0.39, 0.29) is 11.8 Å². The average molecular weight is 250 g/mol. The molecule has 1 aromatic rings. The Morgan fingerprint density at radius 1 is 1.56 bits per heavy atom. The van der Waals surface area contributed by atoms with Gasteiger partial charge in [-0.2, -0.15) is 5.10 Å². The predicted molar refractivity (Wildman–Crippen MR) is 70.0 cm³/mol. The van der Waals surface area contributed by atoms with Crippen molar-refractivity contribution in [2.75, 3.05) is 13.1 Å². The molecule has 2 atom stereocenters. The molecule has 0 saturated carbocycles. The molecule has 2 unspecified atom stereocenters. The zero-order valence-corrected chi connectivity index (χ0v) is 10.9. The first-order chi connectivity index (χ1) is 8.75. The zero-order valence-electron chi connectivity index (χ0n) is 10.9. The fourth-order valence-corrected chi connectivity index (χ4v) is 2.25. The van der Waals surface area contributed by atoms with E-state index >= 15 is 0 Å². The van der Waals surface area contributed by atoms with Crippen molar-refractivity contribution in [1.29, 1.82) is 0 Å². The number of rotatable bonds is 5. The molecule has 1 amide bonds. The number of aryl methyl sites for hydroxylation is 1. The topological polar surface area (TPSA) is 59.0 Å². The van der Waals surface area contributed by atoms with Crippen molar-refractivity contribution in [3.8, 4) is 0 Å². The summed E-state index contributed by atoms with van der Waals surface area (Å²) >= 11 is 0. The van der Waals surface area contributed by atoms with Crippen LogP contribution in [0.15, 0.2) is 18.5 Å². The molecule has 1 aromatic heterocycles. The van der Waals surface area contributed by atoms with E-state index in [2.05, 4.69) is 22.7 Å². The van der Waals surface area contributed by atoms with Gasteiger partial charge in [0.1, 0.15) is 0 Å². The summed E-state index contributed by atoms with van der Waals surface area (Å²) in [5.74, 6) is 0.334. The third-order valence-corrected chi connectivity index (χ3v) is 3.45. The van der Waals surface area contributed by atoms with E-state index in [9.17, 15) is 4.79 Å². The van der Waals surface area contributed by atoms with Crippen LogP contribution in [0.5, 0.6) is 0 Å². The van der Waals surface area contributed by atoms with Gasteiger partial charge < -0.3 is 10.6 Å². The SMILES string of the molecule is CC1CCC(C(=O)NCCCn2cccn2)CN1. The van der Waals surface area contributed by atoms with Gasteiger partial charge in [0.25, 0.3) is 0 Å².